The zero-order chi connectivity index (χ0) is 23.9. The second-order valence-electron chi connectivity index (χ2n) is 7.81. The molecule has 2 heterocycles. The molecule has 1 aliphatic rings. The zero-order valence-electron chi connectivity index (χ0n) is 18.5. The Hall–Kier alpha value is -4.40. The van der Waals surface area contributed by atoms with Crippen molar-refractivity contribution in [3.8, 4) is 5.75 Å². The third-order valence-electron chi connectivity index (χ3n) is 5.47. The fourth-order valence-corrected chi connectivity index (χ4v) is 3.56. The molecule has 1 saturated heterocycles. The maximum Gasteiger partial charge on any atom is 0.323 e. The monoisotopic (exact) mass is 459 g/mol. The number of anilines is 1. The van der Waals surface area contributed by atoms with Crippen molar-refractivity contribution >= 4 is 23.7 Å². The Balaban J connectivity index is 1.29. The van der Waals surface area contributed by atoms with Crippen LogP contribution in [0.2, 0.25) is 0 Å². The first-order valence-electron chi connectivity index (χ1n) is 10.9. The fourth-order valence-electron chi connectivity index (χ4n) is 3.56. The predicted octanol–water partition coefficient (Wildman–Crippen LogP) is 2.75. The van der Waals surface area contributed by atoms with Gasteiger partial charge in [0.25, 0.3) is 5.91 Å². The minimum atomic E-state index is -0.584. The van der Waals surface area contributed by atoms with Gasteiger partial charge in [0.15, 0.2) is 0 Å². The van der Waals surface area contributed by atoms with E-state index < -0.39 is 5.91 Å². The molecule has 0 saturated carbocycles. The van der Waals surface area contributed by atoms with E-state index in [4.69, 9.17) is 10.5 Å². The number of nitrogens with two attached hydrogens (primary N) is 1. The van der Waals surface area contributed by atoms with Crippen molar-refractivity contribution in [2.45, 2.75) is 6.61 Å². The summed E-state index contributed by atoms with van der Waals surface area (Å²) in [6.07, 6.45) is 1.31. The van der Waals surface area contributed by atoms with E-state index in [-0.39, 0.29) is 17.5 Å². The van der Waals surface area contributed by atoms with Crippen LogP contribution >= 0.6 is 0 Å². The number of pyridine rings is 1. The lowest BCUT2D eigenvalue weighted by molar-refractivity contribution is 0.0671. The van der Waals surface area contributed by atoms with Crippen molar-refractivity contribution in [3.63, 3.8) is 0 Å². The fraction of sp³-hybridized carbons (Fsp3) is 0.200. The first-order chi connectivity index (χ1) is 16.5. The van der Waals surface area contributed by atoms with Gasteiger partial charge in [-0.05, 0) is 35.9 Å². The molecule has 0 spiro atoms. The number of hydrogen-bond acceptors (Lipinski definition) is 5. The van der Waals surface area contributed by atoms with Crippen molar-refractivity contribution < 1.29 is 19.1 Å². The summed E-state index contributed by atoms with van der Waals surface area (Å²) in [4.78, 5) is 44.0. The van der Waals surface area contributed by atoms with E-state index in [0.717, 1.165) is 5.56 Å². The summed E-state index contributed by atoms with van der Waals surface area (Å²) < 4.78 is 5.83. The van der Waals surface area contributed by atoms with Crippen LogP contribution in [-0.4, -0.2) is 58.8 Å². The molecule has 4 amide bonds. The molecule has 2 aromatic carbocycles. The number of carbonyl (C=O) groups excluding carboxylic acids is 3. The van der Waals surface area contributed by atoms with Gasteiger partial charge in [-0.15, -0.1) is 0 Å². The number of nitrogens with zero attached hydrogens (tertiary/aromatic N) is 3. The molecule has 0 aliphatic carbocycles. The molecule has 34 heavy (non-hydrogen) atoms. The molecule has 9 nitrogen and oxygen atoms in total. The van der Waals surface area contributed by atoms with Gasteiger partial charge in [-0.2, -0.15) is 0 Å². The van der Waals surface area contributed by atoms with Crippen LogP contribution in [0.15, 0.2) is 72.9 Å². The quantitative estimate of drug-likeness (QED) is 0.588. The summed E-state index contributed by atoms with van der Waals surface area (Å²) in [6.45, 7) is 2.03. The van der Waals surface area contributed by atoms with Gasteiger partial charge in [-0.3, -0.25) is 14.9 Å². The minimum Gasteiger partial charge on any atom is -0.489 e. The average Bonchev–Trinajstić information content (AvgIpc) is 2.88. The van der Waals surface area contributed by atoms with Crippen LogP contribution in [0.4, 0.5) is 10.6 Å². The molecule has 174 valence electrons. The molecule has 9 heteroatoms. The SMILES string of the molecule is NC(=O)c1ccc(NC(=O)N2CCN(C(=O)c3cccc(OCc4ccccc4)c3)CC2)nc1. The maximum absolute atomic E-state index is 13.0. The molecule has 3 N–H and O–H groups in total. The van der Waals surface area contributed by atoms with Gasteiger partial charge in [0, 0.05) is 37.9 Å². The van der Waals surface area contributed by atoms with Crippen LogP contribution < -0.4 is 15.8 Å². The topological polar surface area (TPSA) is 118 Å². The molecule has 1 aliphatic heterocycles. The number of nitrogens with one attached hydrogen (secondary N) is 1. The molecular formula is C25H25N5O4. The van der Waals surface area contributed by atoms with Gasteiger partial charge in [0.05, 0.1) is 5.56 Å². The molecule has 0 bridgehead atoms. The third kappa shape index (κ3) is 5.69. The number of aromatic nitrogens is 1. The number of piperazine rings is 1. The molecule has 0 atom stereocenters. The maximum atomic E-state index is 13.0. The molecule has 4 rings (SSSR count). The second-order valence-corrected chi connectivity index (χ2v) is 7.81. The summed E-state index contributed by atoms with van der Waals surface area (Å²) in [7, 11) is 0. The normalized spacial score (nSPS) is 13.3. The third-order valence-corrected chi connectivity index (χ3v) is 5.47. The molecule has 3 aromatic rings. The summed E-state index contributed by atoms with van der Waals surface area (Å²) in [5, 5.41) is 2.69. The lowest BCUT2D eigenvalue weighted by atomic mass is 10.1. The van der Waals surface area contributed by atoms with Crippen molar-refractivity contribution in [2.24, 2.45) is 5.73 Å². The smallest absolute Gasteiger partial charge is 0.323 e. The van der Waals surface area contributed by atoms with Crippen LogP contribution in [0.5, 0.6) is 5.75 Å². The summed E-state index contributed by atoms with van der Waals surface area (Å²) in [6, 6.07) is 19.7. The highest BCUT2D eigenvalue weighted by molar-refractivity contribution is 5.95. The Morgan fingerprint density at radius 3 is 2.29 bits per heavy atom. The number of hydrogen-bond donors (Lipinski definition) is 2. The first kappa shape index (κ1) is 22.8. The average molecular weight is 460 g/mol. The number of urea groups is 1. The van der Waals surface area contributed by atoms with Gasteiger partial charge in [-0.25, -0.2) is 9.78 Å². The highest BCUT2D eigenvalue weighted by Gasteiger charge is 2.25. The van der Waals surface area contributed by atoms with Crippen LogP contribution in [0.1, 0.15) is 26.3 Å². The van der Waals surface area contributed by atoms with E-state index in [2.05, 4.69) is 10.3 Å². The molecule has 1 fully saturated rings. The largest absolute Gasteiger partial charge is 0.489 e. The number of ether oxygens (including phenoxy) is 1. The van der Waals surface area contributed by atoms with Crippen molar-refractivity contribution in [1.29, 1.82) is 0 Å². The lowest BCUT2D eigenvalue weighted by Crippen LogP contribution is -2.51. The van der Waals surface area contributed by atoms with Crippen LogP contribution in [0.3, 0.4) is 0 Å². The number of primary amides is 1. The molecular weight excluding hydrogens is 434 g/mol. The summed E-state index contributed by atoms with van der Waals surface area (Å²) in [5.74, 6) is 0.261. The zero-order valence-corrected chi connectivity index (χ0v) is 18.5. The van der Waals surface area contributed by atoms with E-state index in [1.165, 1.54) is 18.3 Å². The number of amides is 4. The van der Waals surface area contributed by atoms with Gasteiger partial charge >= 0.3 is 6.03 Å². The van der Waals surface area contributed by atoms with Crippen LogP contribution in [0.25, 0.3) is 0 Å². The number of carbonyl (C=O) groups is 3. The Bertz CT molecular complexity index is 1160. The molecule has 0 unspecified atom stereocenters. The van der Waals surface area contributed by atoms with E-state index in [1.807, 2.05) is 36.4 Å². The van der Waals surface area contributed by atoms with Gasteiger partial charge < -0.3 is 20.3 Å². The van der Waals surface area contributed by atoms with Crippen molar-refractivity contribution in [3.05, 3.63) is 89.6 Å². The van der Waals surface area contributed by atoms with E-state index in [0.29, 0.717) is 49.9 Å². The van der Waals surface area contributed by atoms with Crippen LogP contribution in [0, 0.1) is 0 Å². The highest BCUT2D eigenvalue weighted by atomic mass is 16.5. The second kappa shape index (κ2) is 10.5. The minimum absolute atomic E-state index is 0.103. The van der Waals surface area contributed by atoms with Gasteiger partial charge in [-0.1, -0.05) is 36.4 Å². The Morgan fingerprint density at radius 2 is 1.62 bits per heavy atom. The van der Waals surface area contributed by atoms with Crippen molar-refractivity contribution in [2.75, 3.05) is 31.5 Å². The van der Waals surface area contributed by atoms with Gasteiger partial charge in [0.1, 0.15) is 18.2 Å². The number of benzene rings is 2. The van der Waals surface area contributed by atoms with E-state index >= 15 is 0 Å². The Labute approximate surface area is 197 Å². The van der Waals surface area contributed by atoms with Gasteiger partial charge in [0.2, 0.25) is 5.91 Å². The number of rotatable bonds is 6. The lowest BCUT2D eigenvalue weighted by Gasteiger charge is -2.34. The Morgan fingerprint density at radius 1 is 0.882 bits per heavy atom. The summed E-state index contributed by atoms with van der Waals surface area (Å²) in [5.41, 5.74) is 7.05. The van der Waals surface area contributed by atoms with Crippen LogP contribution in [-0.2, 0) is 6.61 Å². The highest BCUT2D eigenvalue weighted by Crippen LogP contribution is 2.18. The Kier molecular flexibility index (Phi) is 7.02. The molecule has 0 radical (unpaired) electrons. The standard InChI is InChI=1S/C25H25N5O4/c26-23(31)20-9-10-22(27-16-20)28-25(33)30-13-11-29(12-14-30)24(32)19-7-4-8-21(15-19)34-17-18-5-2-1-3-6-18/h1-10,15-16H,11-14,17H2,(H2,26,31)(H,27,28,33). The molecule has 1 aromatic heterocycles. The van der Waals surface area contributed by atoms with E-state index in [9.17, 15) is 14.4 Å². The first-order valence-corrected chi connectivity index (χ1v) is 10.9. The predicted molar refractivity (Wildman–Crippen MR) is 126 cm³/mol. The van der Waals surface area contributed by atoms with E-state index in [1.54, 1.807) is 28.0 Å². The van der Waals surface area contributed by atoms with Crippen molar-refractivity contribution in [1.82, 2.24) is 14.8 Å². The summed E-state index contributed by atoms with van der Waals surface area (Å²) >= 11 is 0.